The van der Waals surface area contributed by atoms with Gasteiger partial charge in [-0.2, -0.15) is 0 Å². The molecule has 0 unspecified atom stereocenters. The highest BCUT2D eigenvalue weighted by Gasteiger charge is 2.39. The van der Waals surface area contributed by atoms with Crippen LogP contribution < -0.4 is 0 Å². The number of ether oxygens (including phenoxy) is 4. The average Bonchev–Trinajstić information content (AvgIpc) is 3.09. The molecule has 0 bridgehead atoms. The second-order valence-corrected chi connectivity index (χ2v) is 6.85. The van der Waals surface area contributed by atoms with Crippen LogP contribution in [-0.2, 0) is 18.9 Å². The maximum atomic E-state index is 12.4. The van der Waals surface area contributed by atoms with Crippen molar-refractivity contribution in [2.75, 3.05) is 13.7 Å². The Kier molecular flexibility index (Phi) is 6.44. The van der Waals surface area contributed by atoms with Gasteiger partial charge in [-0.1, -0.05) is 35.4 Å². The Hall–Kier alpha value is -2.70. The van der Waals surface area contributed by atoms with Gasteiger partial charge in [-0.15, -0.1) is 0 Å². The lowest BCUT2D eigenvalue weighted by molar-refractivity contribution is -0.128. The molecule has 1 heterocycles. The number of rotatable bonds is 6. The van der Waals surface area contributed by atoms with Crippen molar-refractivity contribution in [3.63, 3.8) is 0 Å². The third kappa shape index (κ3) is 4.97. The van der Waals surface area contributed by atoms with E-state index in [1.807, 2.05) is 38.1 Å². The lowest BCUT2D eigenvalue weighted by Crippen LogP contribution is -2.32. The zero-order valence-electron chi connectivity index (χ0n) is 16.2. The van der Waals surface area contributed by atoms with Crippen LogP contribution in [0, 0.1) is 13.8 Å². The third-order valence-corrected chi connectivity index (χ3v) is 4.64. The maximum Gasteiger partial charge on any atom is 0.338 e. The number of carbonyl (C=O) groups excluding carboxylic acids is 2. The van der Waals surface area contributed by atoms with Gasteiger partial charge in [0, 0.05) is 13.5 Å². The van der Waals surface area contributed by atoms with Gasteiger partial charge in [-0.25, -0.2) is 9.59 Å². The molecule has 6 heteroatoms. The highest BCUT2D eigenvalue weighted by atomic mass is 16.7. The molecule has 0 aliphatic carbocycles. The molecule has 0 amide bonds. The Morgan fingerprint density at radius 3 is 2.00 bits per heavy atom. The van der Waals surface area contributed by atoms with Gasteiger partial charge in [-0.05, 0) is 38.1 Å². The molecular formula is C22H24O6. The summed E-state index contributed by atoms with van der Waals surface area (Å²) in [6.45, 7) is 3.86. The Bertz CT molecular complexity index is 812. The van der Waals surface area contributed by atoms with Gasteiger partial charge in [0.2, 0.25) is 0 Å². The SMILES string of the molecule is CO[C@@H]1C[C@H](OC(=O)c2ccc(C)cc2)[C@@H](COC(=O)c2ccc(C)cc2)O1. The average molecular weight is 384 g/mol. The zero-order valence-corrected chi connectivity index (χ0v) is 16.2. The predicted molar refractivity (Wildman–Crippen MR) is 102 cm³/mol. The number of benzene rings is 2. The van der Waals surface area contributed by atoms with E-state index < -0.39 is 30.4 Å². The highest BCUT2D eigenvalue weighted by molar-refractivity contribution is 5.90. The number of aryl methyl sites for hydroxylation is 2. The minimum Gasteiger partial charge on any atom is -0.459 e. The zero-order chi connectivity index (χ0) is 20.1. The molecule has 1 fully saturated rings. The monoisotopic (exact) mass is 384 g/mol. The van der Waals surface area contributed by atoms with Gasteiger partial charge in [0.15, 0.2) is 6.29 Å². The van der Waals surface area contributed by atoms with E-state index in [0.29, 0.717) is 17.5 Å². The van der Waals surface area contributed by atoms with Crippen LogP contribution in [-0.4, -0.2) is 44.2 Å². The summed E-state index contributed by atoms with van der Waals surface area (Å²) in [6, 6.07) is 14.2. The fourth-order valence-electron chi connectivity index (χ4n) is 2.93. The summed E-state index contributed by atoms with van der Waals surface area (Å²) in [5.41, 5.74) is 3.03. The van der Waals surface area contributed by atoms with Crippen LogP contribution in [0.25, 0.3) is 0 Å². The molecule has 0 saturated carbocycles. The number of esters is 2. The number of methoxy groups -OCH3 is 1. The predicted octanol–water partition coefficient (Wildman–Crippen LogP) is 3.45. The van der Waals surface area contributed by atoms with Crippen molar-refractivity contribution in [3.8, 4) is 0 Å². The highest BCUT2D eigenvalue weighted by Crippen LogP contribution is 2.25. The lowest BCUT2D eigenvalue weighted by Gasteiger charge is -2.19. The van der Waals surface area contributed by atoms with Crippen molar-refractivity contribution < 1.29 is 28.5 Å². The second-order valence-electron chi connectivity index (χ2n) is 6.85. The fraction of sp³-hybridized carbons (Fsp3) is 0.364. The van der Waals surface area contributed by atoms with E-state index in [1.54, 1.807) is 24.3 Å². The van der Waals surface area contributed by atoms with Gasteiger partial charge >= 0.3 is 11.9 Å². The molecule has 0 N–H and O–H groups in total. The molecule has 0 aromatic heterocycles. The summed E-state index contributed by atoms with van der Waals surface area (Å²) in [5, 5.41) is 0. The summed E-state index contributed by atoms with van der Waals surface area (Å²) in [5.74, 6) is -0.895. The van der Waals surface area contributed by atoms with E-state index >= 15 is 0 Å². The van der Waals surface area contributed by atoms with E-state index in [4.69, 9.17) is 18.9 Å². The van der Waals surface area contributed by atoms with Gasteiger partial charge in [0.05, 0.1) is 11.1 Å². The standard InChI is InChI=1S/C22H24O6/c1-14-4-8-16(9-5-14)21(23)26-13-19-18(12-20(25-3)27-19)28-22(24)17-10-6-15(2)7-11-17/h4-11,18-20H,12-13H2,1-3H3/t18-,19+,20-/m0/s1. The van der Waals surface area contributed by atoms with Crippen molar-refractivity contribution in [3.05, 3.63) is 70.8 Å². The number of hydrogen-bond donors (Lipinski definition) is 0. The van der Waals surface area contributed by atoms with Gasteiger partial charge in [-0.3, -0.25) is 0 Å². The van der Waals surface area contributed by atoms with Crippen LogP contribution in [0.1, 0.15) is 38.3 Å². The first-order valence-corrected chi connectivity index (χ1v) is 9.16. The molecule has 2 aromatic rings. The molecule has 3 atom stereocenters. The van der Waals surface area contributed by atoms with Crippen LogP contribution in [0.3, 0.4) is 0 Å². The van der Waals surface area contributed by atoms with Crippen molar-refractivity contribution >= 4 is 11.9 Å². The molecule has 28 heavy (non-hydrogen) atoms. The van der Waals surface area contributed by atoms with Gasteiger partial charge in [0.1, 0.15) is 18.8 Å². The summed E-state index contributed by atoms with van der Waals surface area (Å²) in [4.78, 5) is 24.6. The van der Waals surface area contributed by atoms with Crippen molar-refractivity contribution in [1.29, 1.82) is 0 Å². The molecule has 2 aromatic carbocycles. The quantitative estimate of drug-likeness (QED) is 0.711. The largest absolute Gasteiger partial charge is 0.459 e. The van der Waals surface area contributed by atoms with Crippen molar-refractivity contribution in [1.82, 2.24) is 0 Å². The fourth-order valence-corrected chi connectivity index (χ4v) is 2.93. The molecule has 148 valence electrons. The van der Waals surface area contributed by atoms with E-state index in [-0.39, 0.29) is 6.61 Å². The van der Waals surface area contributed by atoms with Crippen LogP contribution in [0.4, 0.5) is 0 Å². The summed E-state index contributed by atoms with van der Waals surface area (Å²) >= 11 is 0. The summed E-state index contributed by atoms with van der Waals surface area (Å²) in [7, 11) is 1.52. The first kappa shape index (κ1) is 20.0. The Morgan fingerprint density at radius 2 is 1.46 bits per heavy atom. The van der Waals surface area contributed by atoms with E-state index in [1.165, 1.54) is 7.11 Å². The third-order valence-electron chi connectivity index (χ3n) is 4.64. The molecule has 1 saturated heterocycles. The van der Waals surface area contributed by atoms with E-state index in [2.05, 4.69) is 0 Å². The second kappa shape index (κ2) is 8.99. The molecule has 1 aliphatic rings. The Labute approximate surface area is 164 Å². The first-order chi connectivity index (χ1) is 13.5. The first-order valence-electron chi connectivity index (χ1n) is 9.16. The molecule has 3 rings (SSSR count). The Morgan fingerprint density at radius 1 is 0.929 bits per heavy atom. The van der Waals surface area contributed by atoms with Gasteiger partial charge < -0.3 is 18.9 Å². The van der Waals surface area contributed by atoms with Gasteiger partial charge in [0.25, 0.3) is 0 Å². The number of hydrogen-bond acceptors (Lipinski definition) is 6. The minimum atomic E-state index is -0.589. The van der Waals surface area contributed by atoms with Crippen molar-refractivity contribution in [2.24, 2.45) is 0 Å². The minimum absolute atomic E-state index is 0.0294. The van der Waals surface area contributed by atoms with E-state index in [0.717, 1.165) is 11.1 Å². The molecule has 6 nitrogen and oxygen atoms in total. The summed E-state index contributed by atoms with van der Waals surface area (Å²) < 4.78 is 21.9. The maximum absolute atomic E-state index is 12.4. The molecule has 1 aliphatic heterocycles. The topological polar surface area (TPSA) is 71.1 Å². The van der Waals surface area contributed by atoms with Crippen LogP contribution >= 0.6 is 0 Å². The smallest absolute Gasteiger partial charge is 0.338 e. The summed E-state index contributed by atoms with van der Waals surface area (Å²) in [6.07, 6.45) is -1.29. The van der Waals surface area contributed by atoms with Crippen LogP contribution in [0.15, 0.2) is 48.5 Å². The number of carbonyl (C=O) groups is 2. The Balaban J connectivity index is 1.61. The lowest BCUT2D eigenvalue weighted by atomic mass is 10.1. The van der Waals surface area contributed by atoms with Crippen LogP contribution in [0.5, 0.6) is 0 Å². The normalized spacial score (nSPS) is 21.3. The molecular weight excluding hydrogens is 360 g/mol. The van der Waals surface area contributed by atoms with E-state index in [9.17, 15) is 9.59 Å². The van der Waals surface area contributed by atoms with Crippen molar-refractivity contribution in [2.45, 2.75) is 38.8 Å². The molecule has 0 radical (unpaired) electrons. The molecule has 0 spiro atoms. The van der Waals surface area contributed by atoms with Crippen LogP contribution in [0.2, 0.25) is 0 Å².